The predicted octanol–water partition coefficient (Wildman–Crippen LogP) is 3.45. The number of hydrogen-bond donors (Lipinski definition) is 0. The van der Waals surface area contributed by atoms with Crippen LogP contribution in [0.3, 0.4) is 0 Å². The van der Waals surface area contributed by atoms with Crippen molar-refractivity contribution < 1.29 is 4.79 Å². The molecule has 0 N–H and O–H groups in total. The van der Waals surface area contributed by atoms with E-state index < -0.39 is 0 Å². The van der Waals surface area contributed by atoms with Gasteiger partial charge in [-0.2, -0.15) is 0 Å². The summed E-state index contributed by atoms with van der Waals surface area (Å²) in [5.74, 6) is 0. The van der Waals surface area contributed by atoms with Gasteiger partial charge in [0.05, 0.1) is 0 Å². The first kappa shape index (κ1) is 12.0. The second kappa shape index (κ2) is 4.88. The molecular weight excluding hydrogens is 234 g/mol. The van der Waals surface area contributed by atoms with Crippen LogP contribution in [0.4, 0.5) is 5.69 Å². The average molecular weight is 251 g/mol. The SMILES string of the molecule is CC1Cc2c(C=O)cccc2N1Cc1ccccc1. The number of aldehydes is 1. The molecule has 2 nitrogen and oxygen atoms in total. The van der Waals surface area contributed by atoms with Gasteiger partial charge in [-0.25, -0.2) is 0 Å². The number of carbonyl (C=O) groups excluding carboxylic acids is 1. The Bertz CT molecular complexity index is 591. The van der Waals surface area contributed by atoms with Crippen molar-refractivity contribution in [2.24, 2.45) is 0 Å². The highest BCUT2D eigenvalue weighted by atomic mass is 16.1. The molecule has 3 rings (SSSR count). The summed E-state index contributed by atoms with van der Waals surface area (Å²) in [5.41, 5.74) is 4.54. The van der Waals surface area contributed by atoms with E-state index in [0.717, 1.165) is 24.8 Å². The molecule has 1 heterocycles. The average Bonchev–Trinajstić information content (AvgIpc) is 2.76. The van der Waals surface area contributed by atoms with E-state index in [9.17, 15) is 4.79 Å². The molecule has 2 aromatic rings. The predicted molar refractivity (Wildman–Crippen MR) is 77.6 cm³/mol. The van der Waals surface area contributed by atoms with Gasteiger partial charge in [0.25, 0.3) is 0 Å². The Labute approximate surface area is 113 Å². The fourth-order valence-corrected chi connectivity index (χ4v) is 2.86. The van der Waals surface area contributed by atoms with Crippen molar-refractivity contribution in [2.75, 3.05) is 4.90 Å². The number of carbonyl (C=O) groups is 1. The molecule has 0 saturated heterocycles. The molecule has 0 fully saturated rings. The van der Waals surface area contributed by atoms with E-state index in [2.05, 4.69) is 42.2 Å². The van der Waals surface area contributed by atoms with E-state index in [1.807, 2.05) is 18.2 Å². The lowest BCUT2D eigenvalue weighted by atomic mass is 10.0. The smallest absolute Gasteiger partial charge is 0.150 e. The van der Waals surface area contributed by atoms with Gasteiger partial charge < -0.3 is 4.90 Å². The molecule has 1 unspecified atom stereocenters. The number of rotatable bonds is 3. The van der Waals surface area contributed by atoms with Gasteiger partial charge in [0.2, 0.25) is 0 Å². The van der Waals surface area contributed by atoms with E-state index in [-0.39, 0.29) is 0 Å². The number of hydrogen-bond acceptors (Lipinski definition) is 2. The maximum atomic E-state index is 11.1. The highest BCUT2D eigenvalue weighted by molar-refractivity contribution is 5.82. The van der Waals surface area contributed by atoms with Gasteiger partial charge in [-0.15, -0.1) is 0 Å². The van der Waals surface area contributed by atoms with Gasteiger partial charge in [-0.1, -0.05) is 42.5 Å². The van der Waals surface area contributed by atoms with Crippen molar-refractivity contribution >= 4 is 12.0 Å². The molecular formula is C17H17NO. The standard InChI is InChI=1S/C17H17NO/c1-13-10-16-15(12-19)8-5-9-17(16)18(13)11-14-6-3-2-4-7-14/h2-9,12-13H,10-11H2,1H3. The molecule has 19 heavy (non-hydrogen) atoms. The van der Waals surface area contributed by atoms with Gasteiger partial charge in [-0.05, 0) is 30.5 Å². The third-order valence-corrected chi connectivity index (χ3v) is 3.85. The lowest BCUT2D eigenvalue weighted by molar-refractivity contribution is 0.112. The Kier molecular flexibility index (Phi) is 3.08. The van der Waals surface area contributed by atoms with Crippen LogP contribution in [0.25, 0.3) is 0 Å². The van der Waals surface area contributed by atoms with E-state index in [0.29, 0.717) is 6.04 Å². The highest BCUT2D eigenvalue weighted by Crippen LogP contribution is 2.34. The van der Waals surface area contributed by atoms with Gasteiger partial charge in [-0.3, -0.25) is 4.79 Å². The molecule has 1 aliphatic heterocycles. The summed E-state index contributed by atoms with van der Waals surface area (Å²) < 4.78 is 0. The van der Waals surface area contributed by atoms with Crippen LogP contribution in [0, 0.1) is 0 Å². The lowest BCUT2D eigenvalue weighted by Crippen LogP contribution is -2.28. The van der Waals surface area contributed by atoms with E-state index in [1.54, 1.807) is 0 Å². The minimum atomic E-state index is 0.441. The fourth-order valence-electron chi connectivity index (χ4n) is 2.86. The summed E-state index contributed by atoms with van der Waals surface area (Å²) in [6.45, 7) is 3.12. The van der Waals surface area contributed by atoms with Crippen LogP contribution in [-0.2, 0) is 13.0 Å². The number of anilines is 1. The number of benzene rings is 2. The van der Waals surface area contributed by atoms with Crippen molar-refractivity contribution in [3.05, 3.63) is 65.2 Å². The molecule has 2 aromatic carbocycles. The van der Waals surface area contributed by atoms with Crippen molar-refractivity contribution in [3.63, 3.8) is 0 Å². The first-order valence-electron chi connectivity index (χ1n) is 6.67. The summed E-state index contributed by atoms with van der Waals surface area (Å²) in [4.78, 5) is 13.5. The minimum Gasteiger partial charge on any atom is -0.364 e. The van der Waals surface area contributed by atoms with E-state index in [4.69, 9.17) is 0 Å². The first-order valence-corrected chi connectivity index (χ1v) is 6.67. The Hall–Kier alpha value is -2.09. The Morgan fingerprint density at radius 1 is 1.16 bits per heavy atom. The second-order valence-corrected chi connectivity index (χ2v) is 5.13. The normalized spacial score (nSPS) is 17.3. The summed E-state index contributed by atoms with van der Waals surface area (Å²) in [5, 5.41) is 0. The topological polar surface area (TPSA) is 20.3 Å². The van der Waals surface area contributed by atoms with Crippen molar-refractivity contribution in [1.29, 1.82) is 0 Å². The van der Waals surface area contributed by atoms with Gasteiger partial charge in [0, 0.05) is 23.8 Å². The molecule has 0 bridgehead atoms. The Balaban J connectivity index is 1.95. The minimum absolute atomic E-state index is 0.441. The largest absolute Gasteiger partial charge is 0.364 e. The van der Waals surface area contributed by atoms with Gasteiger partial charge >= 0.3 is 0 Å². The molecule has 0 radical (unpaired) electrons. The molecule has 0 aliphatic carbocycles. The van der Waals surface area contributed by atoms with Crippen LogP contribution in [0.15, 0.2) is 48.5 Å². The molecule has 2 heteroatoms. The molecule has 0 saturated carbocycles. The number of fused-ring (bicyclic) bond motifs is 1. The summed E-state index contributed by atoms with van der Waals surface area (Å²) in [6.07, 6.45) is 1.93. The summed E-state index contributed by atoms with van der Waals surface area (Å²) in [7, 11) is 0. The third-order valence-electron chi connectivity index (χ3n) is 3.85. The highest BCUT2D eigenvalue weighted by Gasteiger charge is 2.27. The van der Waals surface area contributed by atoms with E-state index in [1.165, 1.54) is 16.8 Å². The van der Waals surface area contributed by atoms with E-state index >= 15 is 0 Å². The molecule has 1 aliphatic rings. The second-order valence-electron chi connectivity index (χ2n) is 5.13. The molecule has 1 atom stereocenters. The zero-order valence-electron chi connectivity index (χ0n) is 11.0. The van der Waals surface area contributed by atoms with Crippen LogP contribution in [0.5, 0.6) is 0 Å². The summed E-state index contributed by atoms with van der Waals surface area (Å²) in [6, 6.07) is 16.9. The van der Waals surface area contributed by atoms with Gasteiger partial charge in [0.15, 0.2) is 0 Å². The van der Waals surface area contributed by atoms with Crippen molar-refractivity contribution in [1.82, 2.24) is 0 Å². The third kappa shape index (κ3) is 2.14. The maximum Gasteiger partial charge on any atom is 0.150 e. The number of nitrogens with zero attached hydrogens (tertiary/aromatic N) is 1. The van der Waals surface area contributed by atoms with Crippen LogP contribution >= 0.6 is 0 Å². The Morgan fingerprint density at radius 2 is 1.95 bits per heavy atom. The zero-order valence-corrected chi connectivity index (χ0v) is 11.0. The van der Waals surface area contributed by atoms with Crippen LogP contribution in [0.1, 0.15) is 28.4 Å². The van der Waals surface area contributed by atoms with Crippen LogP contribution in [0.2, 0.25) is 0 Å². The van der Waals surface area contributed by atoms with Crippen LogP contribution in [-0.4, -0.2) is 12.3 Å². The van der Waals surface area contributed by atoms with Crippen molar-refractivity contribution in [2.45, 2.75) is 25.9 Å². The molecule has 0 aromatic heterocycles. The molecule has 96 valence electrons. The van der Waals surface area contributed by atoms with Crippen molar-refractivity contribution in [3.8, 4) is 0 Å². The van der Waals surface area contributed by atoms with Crippen LogP contribution < -0.4 is 4.90 Å². The molecule has 0 spiro atoms. The first-order chi connectivity index (χ1) is 9.29. The monoisotopic (exact) mass is 251 g/mol. The zero-order chi connectivity index (χ0) is 13.2. The Morgan fingerprint density at radius 3 is 2.68 bits per heavy atom. The van der Waals surface area contributed by atoms with Gasteiger partial charge in [0.1, 0.15) is 6.29 Å². The fraction of sp³-hybridized carbons (Fsp3) is 0.235. The maximum absolute atomic E-state index is 11.1. The molecule has 0 amide bonds. The quantitative estimate of drug-likeness (QED) is 0.779. The lowest BCUT2D eigenvalue weighted by Gasteiger charge is -2.25. The summed E-state index contributed by atoms with van der Waals surface area (Å²) >= 11 is 0.